The smallest absolute Gasteiger partial charge is 0.342 e. The van der Waals surface area contributed by atoms with Gasteiger partial charge in [0.2, 0.25) is 34.5 Å². The summed E-state index contributed by atoms with van der Waals surface area (Å²) in [5, 5.41) is 271. The van der Waals surface area contributed by atoms with Gasteiger partial charge in [-0.05, 0) is 54.6 Å². The lowest BCUT2D eigenvalue weighted by Gasteiger charge is -2.42. The van der Waals surface area contributed by atoms with Crippen molar-refractivity contribution in [1.29, 1.82) is 0 Å². The number of phenols is 23. The fraction of sp³-hybridized carbons (Fsp3) is 0.176. The van der Waals surface area contributed by atoms with Gasteiger partial charge >= 0.3 is 47.8 Å². The number of phenolic OH excluding ortho intramolecular Hbond substituents is 23. The lowest BCUT2D eigenvalue weighted by atomic mass is 9.91. The number of hydrogen-bond donors (Lipinski definition) is 25. The highest BCUT2D eigenvalue weighted by atomic mass is 16.7. The molecule has 4 aliphatic rings. The maximum Gasteiger partial charge on any atom is 0.342 e. The number of hydrogen-bond acceptors (Lipinski definition) is 44. The number of ether oxygens (including phenoxy) is 11. The van der Waals surface area contributed by atoms with Crippen LogP contribution >= 0.6 is 0 Å². The molecule has 0 aromatic heterocycles. The van der Waals surface area contributed by atoms with E-state index < -0.39 is 333 Å². The fourth-order valence-electron chi connectivity index (χ4n) is 11.9. The zero-order chi connectivity index (χ0) is 81.7. The number of carbonyl (C=O) groups is 8. The molecular formula is C68H50O44. The predicted molar refractivity (Wildman–Crippen MR) is 345 cm³/mol. The van der Waals surface area contributed by atoms with Crippen LogP contribution in [0.25, 0.3) is 22.3 Å². The Balaban J connectivity index is 0.941. The van der Waals surface area contributed by atoms with E-state index in [-0.39, 0.29) is 18.2 Å². The summed E-state index contributed by atoms with van der Waals surface area (Å²) in [4.78, 5) is 115. The van der Waals surface area contributed by atoms with Crippen LogP contribution in [0.3, 0.4) is 0 Å². The Morgan fingerprint density at radius 2 is 0.580 bits per heavy atom. The summed E-state index contributed by atoms with van der Waals surface area (Å²) in [6, 6.07) is 4.24. The second kappa shape index (κ2) is 28.4. The van der Waals surface area contributed by atoms with Crippen LogP contribution in [0, 0.1) is 0 Å². The summed E-state index contributed by atoms with van der Waals surface area (Å²) < 4.78 is 61.0. The van der Waals surface area contributed by atoms with Crippen LogP contribution in [0.1, 0.15) is 82.9 Å². The van der Waals surface area contributed by atoms with Gasteiger partial charge in [-0.25, -0.2) is 38.4 Å². The first-order valence-electron chi connectivity index (χ1n) is 31.1. The van der Waals surface area contributed by atoms with Gasteiger partial charge in [-0.2, -0.15) is 0 Å². The molecule has 25 N–H and O–H groups in total. The molecule has 0 radical (unpaired) electrons. The SMILES string of the molecule is O=C(OC1C(O)OC2COC(=O)c3cc(Oc4c(C(=O)OC5C(O)OC6COC(=O)c7cc(O)c(O)c(O)c7-c7c(cc(O)c(O)c7O)C(=O)OC6C5OC(=O)c5cc(O)c(O)c(O)c5)cc(O)c(O)c4O)c(O)c(O)c3-c3c(cc(O)c(O)c3O)C(=O)OC2C1OC(=O)c1cc(O)c(O)c(O)c1)c1cc(O)c(O)c(O)c1. The van der Waals surface area contributed by atoms with Gasteiger partial charge in [0, 0.05) is 34.4 Å². The van der Waals surface area contributed by atoms with Crippen LogP contribution in [-0.4, -0.2) is 250 Å². The molecule has 4 aliphatic heterocycles. The van der Waals surface area contributed by atoms with Crippen LogP contribution in [0.5, 0.6) is 144 Å². The molecule has 0 spiro atoms. The molecule has 8 aromatic carbocycles. The van der Waals surface area contributed by atoms with E-state index in [1.807, 2.05) is 0 Å². The van der Waals surface area contributed by atoms with E-state index in [1.165, 1.54) is 0 Å². The largest absolute Gasteiger partial charge is 0.504 e. The van der Waals surface area contributed by atoms with E-state index in [2.05, 4.69) is 0 Å². The van der Waals surface area contributed by atoms with Crippen molar-refractivity contribution < 1.29 is 218 Å². The van der Waals surface area contributed by atoms with E-state index in [9.17, 15) is 166 Å². The molecule has 10 unspecified atom stereocenters. The molecule has 0 bridgehead atoms. The minimum absolute atomic E-state index is 0.159. The highest BCUT2D eigenvalue weighted by Gasteiger charge is 2.56. The van der Waals surface area contributed by atoms with E-state index in [4.69, 9.17) is 52.1 Å². The Hall–Kier alpha value is -15.4. The maximum absolute atomic E-state index is 15.0. The van der Waals surface area contributed by atoms with Crippen molar-refractivity contribution in [3.05, 3.63) is 111 Å². The van der Waals surface area contributed by atoms with Crippen LogP contribution in [0.2, 0.25) is 0 Å². The van der Waals surface area contributed by atoms with Crippen LogP contribution in [-0.2, 0) is 47.4 Å². The fourth-order valence-corrected chi connectivity index (χ4v) is 11.9. The Labute approximate surface area is 616 Å². The standard InChI is InChI=1S/C68H50O44/c69-22-1-14(2-23(70)39(22)79)59(92)109-55-53-34(105-67(100)57(55)111-61(94)16-5-26(73)41(81)27(74)6-16)13-103-63(96)20-11-32(46(86)50(90)38(20)37-19(65(98)107-53)9-30(77)44(84)49(37)89)104-52-21(10-31(78)45(85)51(52)91)66(99)112-58-56(110-60(93)15-3-24(71)40(80)25(72)4-15)54-33(106-68(58)101)12-102-62(95)17-7-28(75)42(82)47(87)35(17)36-18(64(97)108-54)8-29(76)43(83)48(36)88/h1-11,33-34,53-58,67-91,100-101H,12-13H2. The molecule has 586 valence electrons. The van der Waals surface area contributed by atoms with Crippen molar-refractivity contribution in [3.63, 3.8) is 0 Å². The highest BCUT2D eigenvalue weighted by molar-refractivity contribution is 6.10. The molecule has 2 fully saturated rings. The molecule has 0 saturated carbocycles. The van der Waals surface area contributed by atoms with Gasteiger partial charge in [0.25, 0.3) is 0 Å². The molecule has 0 aliphatic carbocycles. The monoisotopic (exact) mass is 1570 g/mol. The van der Waals surface area contributed by atoms with E-state index >= 15 is 0 Å². The Morgan fingerprint density at radius 3 is 0.929 bits per heavy atom. The van der Waals surface area contributed by atoms with Gasteiger partial charge < -0.3 is 180 Å². The number of benzene rings is 8. The van der Waals surface area contributed by atoms with Gasteiger partial charge in [-0.1, -0.05) is 0 Å². The van der Waals surface area contributed by atoms with Crippen molar-refractivity contribution in [2.75, 3.05) is 13.2 Å². The van der Waals surface area contributed by atoms with Crippen molar-refractivity contribution in [3.8, 4) is 166 Å². The van der Waals surface area contributed by atoms with Gasteiger partial charge in [0.1, 0.15) is 31.0 Å². The number of aliphatic hydroxyl groups excluding tert-OH is 2. The predicted octanol–water partition coefficient (Wildman–Crippen LogP) is 1.77. The number of aromatic hydroxyl groups is 23. The van der Waals surface area contributed by atoms with E-state index in [0.717, 1.165) is 0 Å². The lowest BCUT2D eigenvalue weighted by Crippen LogP contribution is -2.62. The van der Waals surface area contributed by atoms with Gasteiger partial charge in [-0.15, -0.1) is 0 Å². The molecular weight excluding hydrogens is 1520 g/mol. The van der Waals surface area contributed by atoms with Crippen molar-refractivity contribution in [1.82, 2.24) is 0 Å². The third-order valence-corrected chi connectivity index (χ3v) is 17.4. The highest BCUT2D eigenvalue weighted by Crippen LogP contribution is 2.58. The third-order valence-electron chi connectivity index (χ3n) is 17.4. The molecule has 44 heteroatoms. The average molecular weight is 1570 g/mol. The van der Waals surface area contributed by atoms with Gasteiger partial charge in [0.05, 0.1) is 38.9 Å². The Bertz CT molecular complexity index is 5320. The van der Waals surface area contributed by atoms with E-state index in [1.54, 1.807) is 0 Å². The third kappa shape index (κ3) is 13.2. The van der Waals surface area contributed by atoms with Crippen LogP contribution in [0.4, 0.5) is 0 Å². The zero-order valence-electron chi connectivity index (χ0n) is 55.0. The number of cyclic esters (lactones) is 2. The summed E-state index contributed by atoms with van der Waals surface area (Å²) in [5.74, 6) is -50.8. The molecule has 10 atom stereocenters. The van der Waals surface area contributed by atoms with Crippen LogP contribution in [0.15, 0.2) is 66.7 Å². The first kappa shape index (κ1) is 76.2. The molecule has 12 rings (SSSR count). The van der Waals surface area contributed by atoms with Crippen molar-refractivity contribution in [2.45, 2.75) is 61.4 Å². The summed E-state index contributed by atoms with van der Waals surface area (Å²) in [6.45, 7) is -2.82. The molecule has 0 amide bonds. The first-order valence-corrected chi connectivity index (χ1v) is 31.1. The van der Waals surface area contributed by atoms with Gasteiger partial charge in [-0.3, -0.25) is 0 Å². The number of esters is 8. The van der Waals surface area contributed by atoms with Gasteiger partial charge in [0.15, 0.2) is 158 Å². The molecule has 8 aromatic rings. The van der Waals surface area contributed by atoms with Crippen molar-refractivity contribution in [2.24, 2.45) is 0 Å². The topological polar surface area (TPSA) is 744 Å². The zero-order valence-corrected chi connectivity index (χ0v) is 55.0. The Morgan fingerprint density at radius 1 is 0.304 bits per heavy atom. The minimum atomic E-state index is -2.88. The number of fused-ring (bicyclic) bond motifs is 8. The molecule has 112 heavy (non-hydrogen) atoms. The quantitative estimate of drug-likeness (QED) is 0.0527. The minimum Gasteiger partial charge on any atom is -0.504 e. The summed E-state index contributed by atoms with van der Waals surface area (Å²) in [5.41, 5.74) is -14.2. The van der Waals surface area contributed by atoms with E-state index in [0.29, 0.717) is 48.5 Å². The summed E-state index contributed by atoms with van der Waals surface area (Å²) >= 11 is 0. The number of carbonyl (C=O) groups excluding carboxylic acids is 8. The molecule has 4 heterocycles. The van der Waals surface area contributed by atoms with Crippen molar-refractivity contribution >= 4 is 47.8 Å². The summed E-state index contributed by atoms with van der Waals surface area (Å²) in [7, 11) is 0. The second-order valence-electron chi connectivity index (χ2n) is 24.2. The van der Waals surface area contributed by atoms with Crippen LogP contribution < -0.4 is 4.74 Å². The molecule has 2 saturated heterocycles. The molecule has 44 nitrogen and oxygen atoms in total. The average Bonchev–Trinajstić information content (AvgIpc) is 1.17. The maximum atomic E-state index is 15.0. The lowest BCUT2D eigenvalue weighted by molar-refractivity contribution is -0.284. The normalized spacial score (nSPS) is 20.7. The number of rotatable bonds is 10. The Kier molecular flexibility index (Phi) is 19.3. The second-order valence-corrected chi connectivity index (χ2v) is 24.2. The number of aliphatic hydroxyl groups is 2. The summed E-state index contributed by atoms with van der Waals surface area (Å²) in [6.07, 6.45) is -26.1. The first-order chi connectivity index (χ1) is 52.7.